The Morgan fingerprint density at radius 1 is 1.55 bits per heavy atom. The van der Waals surface area contributed by atoms with Crippen LogP contribution in [0.15, 0.2) is 24.4 Å². The van der Waals surface area contributed by atoms with Gasteiger partial charge in [0.15, 0.2) is 0 Å². The first-order chi connectivity index (χ1) is 9.66. The molecule has 0 atom stereocenters. The van der Waals surface area contributed by atoms with Gasteiger partial charge in [-0.25, -0.2) is 9.78 Å². The second-order valence-electron chi connectivity index (χ2n) is 5.02. The Balaban J connectivity index is 2.08. The summed E-state index contributed by atoms with van der Waals surface area (Å²) < 4.78 is 5.37. The maximum Gasteiger partial charge on any atom is 0.328 e. The number of hydrogen-bond donors (Lipinski definition) is 1. The van der Waals surface area contributed by atoms with Crippen LogP contribution in [-0.2, 0) is 9.53 Å². The molecule has 0 saturated carbocycles. The van der Waals surface area contributed by atoms with E-state index < -0.39 is 5.97 Å². The summed E-state index contributed by atoms with van der Waals surface area (Å²) in [7, 11) is 2.00. The first kappa shape index (κ1) is 14.5. The van der Waals surface area contributed by atoms with Crippen LogP contribution in [0.4, 0.5) is 5.82 Å². The van der Waals surface area contributed by atoms with Gasteiger partial charge in [-0.05, 0) is 37.0 Å². The lowest BCUT2D eigenvalue weighted by atomic mass is 10.00. The molecule has 1 aromatic rings. The Hall–Kier alpha value is -1.88. The molecule has 1 aliphatic rings. The molecule has 0 bridgehead atoms. The zero-order valence-corrected chi connectivity index (χ0v) is 11.7. The van der Waals surface area contributed by atoms with E-state index in [1.807, 2.05) is 19.2 Å². The lowest BCUT2D eigenvalue weighted by Gasteiger charge is -2.28. The number of pyridine rings is 1. The molecule has 1 N–H and O–H groups in total. The third-order valence-electron chi connectivity index (χ3n) is 3.46. The van der Waals surface area contributed by atoms with E-state index in [9.17, 15) is 4.79 Å². The van der Waals surface area contributed by atoms with Crippen LogP contribution in [0, 0.1) is 5.92 Å². The molecule has 1 fully saturated rings. The maximum absolute atomic E-state index is 10.6. The quantitative estimate of drug-likeness (QED) is 0.834. The van der Waals surface area contributed by atoms with Crippen molar-refractivity contribution in [1.29, 1.82) is 0 Å². The molecule has 0 spiro atoms. The summed E-state index contributed by atoms with van der Waals surface area (Å²) in [5, 5.41) is 8.73. The fraction of sp³-hybridized carbons (Fsp3) is 0.467. The van der Waals surface area contributed by atoms with Crippen molar-refractivity contribution >= 4 is 17.9 Å². The second kappa shape index (κ2) is 7.05. The Kier molecular flexibility index (Phi) is 5.12. The van der Waals surface area contributed by atoms with Crippen LogP contribution in [0.5, 0.6) is 0 Å². The smallest absolute Gasteiger partial charge is 0.328 e. The van der Waals surface area contributed by atoms with Crippen LogP contribution in [-0.4, -0.2) is 42.9 Å². The van der Waals surface area contributed by atoms with Gasteiger partial charge in [0.25, 0.3) is 0 Å². The second-order valence-corrected chi connectivity index (χ2v) is 5.02. The molecule has 20 heavy (non-hydrogen) atoms. The molecule has 0 unspecified atom stereocenters. The van der Waals surface area contributed by atoms with Crippen molar-refractivity contribution < 1.29 is 14.6 Å². The zero-order valence-electron chi connectivity index (χ0n) is 11.7. The zero-order chi connectivity index (χ0) is 14.4. The predicted molar refractivity (Wildman–Crippen MR) is 77.7 cm³/mol. The highest BCUT2D eigenvalue weighted by Gasteiger charge is 2.17. The fourth-order valence-electron chi connectivity index (χ4n) is 2.42. The predicted octanol–water partition coefficient (Wildman–Crippen LogP) is 2.04. The van der Waals surface area contributed by atoms with Crippen LogP contribution in [0.25, 0.3) is 6.08 Å². The molecule has 1 aliphatic heterocycles. The van der Waals surface area contributed by atoms with E-state index in [0.29, 0.717) is 5.92 Å². The average Bonchev–Trinajstić information content (AvgIpc) is 2.46. The average molecular weight is 276 g/mol. The van der Waals surface area contributed by atoms with Crippen molar-refractivity contribution in [3.8, 4) is 0 Å². The van der Waals surface area contributed by atoms with Crippen molar-refractivity contribution in [3.63, 3.8) is 0 Å². The number of rotatable bonds is 5. The molecule has 0 radical (unpaired) electrons. The number of carbonyl (C=O) groups is 1. The molecular weight excluding hydrogens is 256 g/mol. The molecule has 0 amide bonds. The number of aromatic nitrogens is 1. The Morgan fingerprint density at radius 3 is 3.00 bits per heavy atom. The van der Waals surface area contributed by atoms with E-state index in [0.717, 1.165) is 50.1 Å². The first-order valence-corrected chi connectivity index (χ1v) is 6.81. The number of carboxylic acids is 1. The SMILES string of the molecule is CN(CC1CCOCC1)c1ncccc1/C=C/C(=O)O. The lowest BCUT2D eigenvalue weighted by Crippen LogP contribution is -2.30. The van der Waals surface area contributed by atoms with Gasteiger partial charge in [0, 0.05) is 44.6 Å². The third-order valence-corrected chi connectivity index (χ3v) is 3.46. The normalized spacial score (nSPS) is 16.4. The molecule has 2 rings (SSSR count). The molecule has 5 heteroatoms. The van der Waals surface area contributed by atoms with E-state index in [2.05, 4.69) is 9.88 Å². The Labute approximate surface area is 118 Å². The van der Waals surface area contributed by atoms with Crippen molar-refractivity contribution in [2.24, 2.45) is 5.92 Å². The first-order valence-electron chi connectivity index (χ1n) is 6.81. The monoisotopic (exact) mass is 276 g/mol. The van der Waals surface area contributed by atoms with E-state index in [-0.39, 0.29) is 0 Å². The van der Waals surface area contributed by atoms with Crippen LogP contribution < -0.4 is 4.90 Å². The van der Waals surface area contributed by atoms with Gasteiger partial charge in [-0.3, -0.25) is 0 Å². The third kappa shape index (κ3) is 4.06. The van der Waals surface area contributed by atoms with Crippen LogP contribution >= 0.6 is 0 Å². The van der Waals surface area contributed by atoms with Crippen LogP contribution in [0.1, 0.15) is 18.4 Å². The van der Waals surface area contributed by atoms with E-state index in [4.69, 9.17) is 9.84 Å². The van der Waals surface area contributed by atoms with Crippen molar-refractivity contribution in [2.75, 3.05) is 31.7 Å². The van der Waals surface area contributed by atoms with Gasteiger partial charge in [-0.15, -0.1) is 0 Å². The van der Waals surface area contributed by atoms with Gasteiger partial charge in [0.2, 0.25) is 0 Å². The van der Waals surface area contributed by atoms with Gasteiger partial charge in [0.1, 0.15) is 5.82 Å². The minimum atomic E-state index is -0.952. The standard InChI is InChI=1S/C15H20N2O3/c1-17(11-12-6-9-20-10-7-12)15-13(3-2-8-16-15)4-5-14(18)19/h2-5,8,12H,6-7,9-11H2,1H3,(H,18,19)/b5-4+. The number of carboxylic acid groups (broad SMARTS) is 1. The number of aliphatic carboxylic acids is 1. The Morgan fingerprint density at radius 2 is 2.30 bits per heavy atom. The number of ether oxygens (including phenoxy) is 1. The highest BCUT2D eigenvalue weighted by atomic mass is 16.5. The van der Waals surface area contributed by atoms with Crippen molar-refractivity contribution in [1.82, 2.24) is 4.98 Å². The fourth-order valence-corrected chi connectivity index (χ4v) is 2.42. The molecular formula is C15H20N2O3. The van der Waals surface area contributed by atoms with Gasteiger partial charge in [-0.2, -0.15) is 0 Å². The summed E-state index contributed by atoms with van der Waals surface area (Å²) in [4.78, 5) is 17.1. The largest absolute Gasteiger partial charge is 0.478 e. The molecule has 0 aromatic carbocycles. The maximum atomic E-state index is 10.6. The lowest BCUT2D eigenvalue weighted by molar-refractivity contribution is -0.131. The van der Waals surface area contributed by atoms with Crippen LogP contribution in [0.3, 0.4) is 0 Å². The molecule has 108 valence electrons. The number of hydrogen-bond acceptors (Lipinski definition) is 4. The molecule has 1 saturated heterocycles. The minimum absolute atomic E-state index is 0.604. The summed E-state index contributed by atoms with van der Waals surface area (Å²) in [6.07, 6.45) is 6.59. The summed E-state index contributed by atoms with van der Waals surface area (Å²) in [5.74, 6) is 0.468. The van der Waals surface area contributed by atoms with Crippen LogP contribution in [0.2, 0.25) is 0 Å². The molecule has 0 aliphatic carbocycles. The van der Waals surface area contributed by atoms with E-state index >= 15 is 0 Å². The van der Waals surface area contributed by atoms with E-state index in [1.165, 1.54) is 0 Å². The minimum Gasteiger partial charge on any atom is -0.478 e. The molecule has 5 nitrogen and oxygen atoms in total. The van der Waals surface area contributed by atoms with Gasteiger partial charge < -0.3 is 14.7 Å². The summed E-state index contributed by atoms with van der Waals surface area (Å²) in [5.41, 5.74) is 0.824. The van der Waals surface area contributed by atoms with Gasteiger partial charge >= 0.3 is 5.97 Å². The summed E-state index contributed by atoms with van der Waals surface area (Å²) in [6.45, 7) is 2.56. The topological polar surface area (TPSA) is 62.7 Å². The highest BCUT2D eigenvalue weighted by molar-refractivity contribution is 5.86. The van der Waals surface area contributed by atoms with Gasteiger partial charge in [-0.1, -0.05) is 0 Å². The number of nitrogens with zero attached hydrogens (tertiary/aromatic N) is 2. The molecule has 2 heterocycles. The Bertz CT molecular complexity index is 482. The highest BCUT2D eigenvalue weighted by Crippen LogP contribution is 2.22. The van der Waals surface area contributed by atoms with Crippen molar-refractivity contribution in [2.45, 2.75) is 12.8 Å². The summed E-state index contributed by atoms with van der Waals surface area (Å²) >= 11 is 0. The summed E-state index contributed by atoms with van der Waals surface area (Å²) in [6, 6.07) is 3.69. The number of anilines is 1. The molecule has 1 aromatic heterocycles. The van der Waals surface area contributed by atoms with Gasteiger partial charge in [0.05, 0.1) is 0 Å². The van der Waals surface area contributed by atoms with E-state index in [1.54, 1.807) is 12.3 Å². The van der Waals surface area contributed by atoms with Crippen molar-refractivity contribution in [3.05, 3.63) is 30.0 Å².